The van der Waals surface area contributed by atoms with Crippen molar-refractivity contribution >= 4 is 34.7 Å². The van der Waals surface area contributed by atoms with Gasteiger partial charge in [-0.2, -0.15) is 18.3 Å². The molecule has 2 aromatic rings. The zero-order valence-corrected chi connectivity index (χ0v) is 17.4. The minimum atomic E-state index is -4.66. The first-order chi connectivity index (χ1) is 14.7. The molecule has 1 aromatic heterocycles. The van der Waals surface area contributed by atoms with Gasteiger partial charge >= 0.3 is 6.18 Å². The van der Waals surface area contributed by atoms with Gasteiger partial charge in [-0.05, 0) is 49.1 Å². The van der Waals surface area contributed by atoms with Crippen LogP contribution in [0.3, 0.4) is 0 Å². The molecule has 1 saturated heterocycles. The molecular weight excluding hydrogens is 433 g/mol. The van der Waals surface area contributed by atoms with Gasteiger partial charge in [0.05, 0.1) is 17.3 Å². The molecule has 1 N–H and O–H groups in total. The molecule has 2 unspecified atom stereocenters. The maximum Gasteiger partial charge on any atom is 0.416 e. The average Bonchev–Trinajstić information content (AvgIpc) is 3.26. The zero-order valence-electron chi connectivity index (χ0n) is 16.6. The van der Waals surface area contributed by atoms with E-state index < -0.39 is 29.4 Å². The first-order valence-electron chi connectivity index (χ1n) is 9.77. The highest BCUT2D eigenvalue weighted by Crippen LogP contribution is 2.40. The summed E-state index contributed by atoms with van der Waals surface area (Å²) in [5, 5.41) is 6.49. The molecule has 4 rings (SSSR count). The van der Waals surface area contributed by atoms with Crippen LogP contribution in [0.5, 0.6) is 0 Å². The third-order valence-electron chi connectivity index (χ3n) is 5.69. The summed E-state index contributed by atoms with van der Waals surface area (Å²) in [5.74, 6) is -1.54. The molecule has 0 saturated carbocycles. The molecule has 0 spiro atoms. The van der Waals surface area contributed by atoms with Gasteiger partial charge in [-0.15, -0.1) is 11.6 Å². The molecule has 0 aliphatic carbocycles. The molecule has 2 atom stereocenters. The Morgan fingerprint density at radius 1 is 1.26 bits per heavy atom. The maximum atomic E-state index is 13.4. The number of amides is 2. The number of hydrogen-bond acceptors (Lipinski definition) is 3. The lowest BCUT2D eigenvalue weighted by molar-refractivity contribution is -0.137. The van der Waals surface area contributed by atoms with Crippen molar-refractivity contribution in [2.45, 2.75) is 37.5 Å². The Balaban J connectivity index is 1.66. The van der Waals surface area contributed by atoms with Crippen molar-refractivity contribution in [1.29, 1.82) is 0 Å². The second-order valence-corrected chi connectivity index (χ2v) is 7.99. The molecule has 2 amide bonds. The van der Waals surface area contributed by atoms with Crippen molar-refractivity contribution in [2.24, 2.45) is 7.05 Å². The number of halogens is 4. The highest BCUT2D eigenvalue weighted by Gasteiger charge is 2.41. The fourth-order valence-electron chi connectivity index (χ4n) is 4.36. The first-order valence-corrected chi connectivity index (χ1v) is 10.3. The van der Waals surface area contributed by atoms with Crippen LogP contribution in [0.4, 0.5) is 18.9 Å². The number of benzene rings is 1. The largest absolute Gasteiger partial charge is 0.416 e. The average molecular weight is 453 g/mol. The molecular formula is C21H20ClF3N4O2. The van der Waals surface area contributed by atoms with Crippen LogP contribution in [0.2, 0.25) is 0 Å². The van der Waals surface area contributed by atoms with Crippen molar-refractivity contribution in [3.63, 3.8) is 0 Å². The highest BCUT2D eigenvalue weighted by atomic mass is 35.5. The van der Waals surface area contributed by atoms with Crippen molar-refractivity contribution in [2.75, 3.05) is 11.2 Å². The van der Waals surface area contributed by atoms with Crippen molar-refractivity contribution in [1.82, 2.24) is 14.7 Å². The van der Waals surface area contributed by atoms with Gasteiger partial charge in [0.15, 0.2) is 0 Å². The van der Waals surface area contributed by atoms with Gasteiger partial charge in [-0.3, -0.25) is 14.3 Å². The normalized spacial score (nSPS) is 20.5. The Labute approximate surface area is 181 Å². The Hall–Kier alpha value is -2.81. The number of nitrogens with one attached hydrogen (secondary N) is 1. The number of fused-ring (bicyclic) bond motifs is 2. The van der Waals surface area contributed by atoms with Crippen LogP contribution in [-0.4, -0.2) is 44.5 Å². The SMILES string of the molecule is Cn1nccc1C1=CC2CCC(C1)N2C(=O)c1cc(NC(=O)CCl)cc(C(F)(F)F)c1. The summed E-state index contributed by atoms with van der Waals surface area (Å²) in [4.78, 5) is 26.5. The standard InChI is InChI=1S/C21H20ClF3N4O2/c1-28-18(4-5-26-28)12-8-16-2-3-17(9-12)29(16)20(31)13-6-14(21(23,24)25)10-15(7-13)27-19(30)11-22/h4-8,10,16-17H,2-3,9,11H2,1H3,(H,27,30). The fourth-order valence-corrected chi connectivity index (χ4v) is 4.42. The number of alkyl halides is 4. The lowest BCUT2D eigenvalue weighted by Crippen LogP contribution is -2.43. The van der Waals surface area contributed by atoms with E-state index in [1.807, 2.05) is 19.2 Å². The molecule has 0 radical (unpaired) electrons. The molecule has 2 aliphatic heterocycles. The lowest BCUT2D eigenvalue weighted by atomic mass is 9.97. The predicted molar refractivity (Wildman–Crippen MR) is 110 cm³/mol. The first kappa shape index (κ1) is 21.4. The van der Waals surface area contributed by atoms with Gasteiger partial charge < -0.3 is 10.2 Å². The molecule has 10 heteroatoms. The van der Waals surface area contributed by atoms with E-state index in [2.05, 4.69) is 10.4 Å². The van der Waals surface area contributed by atoms with Gasteiger partial charge in [0.25, 0.3) is 5.91 Å². The van der Waals surface area contributed by atoms with Gasteiger partial charge in [0.1, 0.15) is 5.88 Å². The minimum Gasteiger partial charge on any atom is -0.329 e. The minimum absolute atomic E-state index is 0.108. The van der Waals surface area contributed by atoms with E-state index in [0.29, 0.717) is 6.42 Å². The molecule has 2 aliphatic rings. The van der Waals surface area contributed by atoms with Gasteiger partial charge in [0.2, 0.25) is 5.91 Å². The van der Waals surface area contributed by atoms with E-state index in [0.717, 1.165) is 36.2 Å². The topological polar surface area (TPSA) is 67.2 Å². The van der Waals surface area contributed by atoms with Crippen LogP contribution in [0, 0.1) is 0 Å². The Kier molecular flexibility index (Phi) is 5.55. The zero-order chi connectivity index (χ0) is 22.3. The molecule has 31 heavy (non-hydrogen) atoms. The third kappa shape index (κ3) is 4.19. The maximum absolute atomic E-state index is 13.4. The van der Waals surface area contributed by atoms with Crippen LogP contribution >= 0.6 is 11.6 Å². The third-order valence-corrected chi connectivity index (χ3v) is 5.94. The van der Waals surface area contributed by atoms with Gasteiger partial charge in [-0.1, -0.05) is 6.08 Å². The van der Waals surface area contributed by atoms with E-state index in [1.54, 1.807) is 15.8 Å². The smallest absolute Gasteiger partial charge is 0.329 e. The van der Waals surface area contributed by atoms with Crippen LogP contribution in [0.15, 0.2) is 36.5 Å². The molecule has 3 heterocycles. The quantitative estimate of drug-likeness (QED) is 0.711. The monoisotopic (exact) mass is 452 g/mol. The summed E-state index contributed by atoms with van der Waals surface area (Å²) in [5.41, 5.74) is 0.816. The molecule has 1 fully saturated rings. The Morgan fingerprint density at radius 2 is 2.03 bits per heavy atom. The van der Waals surface area contributed by atoms with E-state index in [9.17, 15) is 22.8 Å². The number of nitrogens with zero attached hydrogens (tertiary/aromatic N) is 3. The Bertz CT molecular complexity index is 1060. The Morgan fingerprint density at radius 3 is 2.65 bits per heavy atom. The molecule has 1 aromatic carbocycles. The van der Waals surface area contributed by atoms with Crippen LogP contribution in [0.25, 0.3) is 5.57 Å². The summed E-state index contributed by atoms with van der Waals surface area (Å²) in [6, 6.07) is 4.49. The summed E-state index contributed by atoms with van der Waals surface area (Å²) in [6.07, 6.45) is 1.16. The molecule has 2 bridgehead atoms. The number of aromatic nitrogens is 2. The highest BCUT2D eigenvalue weighted by molar-refractivity contribution is 6.29. The second-order valence-electron chi connectivity index (χ2n) is 7.73. The number of rotatable bonds is 4. The van der Waals surface area contributed by atoms with Crippen molar-refractivity contribution < 1.29 is 22.8 Å². The van der Waals surface area contributed by atoms with Gasteiger partial charge in [-0.25, -0.2) is 0 Å². The van der Waals surface area contributed by atoms with Crippen LogP contribution in [-0.2, 0) is 18.0 Å². The number of carbonyl (C=O) groups is 2. The fraction of sp³-hybridized carbons (Fsp3) is 0.381. The number of anilines is 1. The van der Waals surface area contributed by atoms with E-state index >= 15 is 0 Å². The number of aryl methyl sites for hydroxylation is 1. The second kappa shape index (κ2) is 8.03. The van der Waals surface area contributed by atoms with Crippen molar-refractivity contribution in [3.05, 3.63) is 53.4 Å². The van der Waals surface area contributed by atoms with E-state index in [4.69, 9.17) is 11.6 Å². The number of hydrogen-bond donors (Lipinski definition) is 1. The lowest BCUT2D eigenvalue weighted by Gasteiger charge is -2.34. The number of carbonyl (C=O) groups excluding carboxylic acids is 2. The summed E-state index contributed by atoms with van der Waals surface area (Å²) >= 11 is 5.45. The predicted octanol–water partition coefficient (Wildman–Crippen LogP) is 4.08. The van der Waals surface area contributed by atoms with E-state index in [1.165, 1.54) is 6.07 Å². The summed E-state index contributed by atoms with van der Waals surface area (Å²) in [7, 11) is 1.84. The molecule has 6 nitrogen and oxygen atoms in total. The van der Waals surface area contributed by atoms with Crippen molar-refractivity contribution in [3.8, 4) is 0 Å². The molecule has 164 valence electrons. The summed E-state index contributed by atoms with van der Waals surface area (Å²) in [6.45, 7) is 0. The van der Waals surface area contributed by atoms with Crippen LogP contribution in [0.1, 0.15) is 40.9 Å². The van der Waals surface area contributed by atoms with Crippen LogP contribution < -0.4 is 5.32 Å². The summed E-state index contributed by atoms with van der Waals surface area (Å²) < 4.78 is 42.0. The van der Waals surface area contributed by atoms with Gasteiger partial charge in [0, 0.05) is 30.5 Å². The van der Waals surface area contributed by atoms with E-state index in [-0.39, 0.29) is 23.3 Å².